The molecule has 1 saturated carbocycles. The number of benzene rings is 1. The molecule has 2 rings (SSSR count). The largest absolute Gasteiger partial charge is 0.497 e. The summed E-state index contributed by atoms with van der Waals surface area (Å²) in [5.74, 6) is 1.13. The molecule has 110 valence electrons. The van der Waals surface area contributed by atoms with Crippen LogP contribution in [0.5, 0.6) is 5.75 Å². The summed E-state index contributed by atoms with van der Waals surface area (Å²) in [4.78, 5) is 11.4. The zero-order valence-corrected chi connectivity index (χ0v) is 11.8. The van der Waals surface area contributed by atoms with E-state index in [1.165, 1.54) is 0 Å². The quantitative estimate of drug-likeness (QED) is 0.616. The molecule has 1 atom stereocenters. The van der Waals surface area contributed by atoms with Gasteiger partial charge in [-0.15, -0.1) is 0 Å². The first-order valence-corrected chi connectivity index (χ1v) is 7.01. The van der Waals surface area contributed by atoms with Crippen LogP contribution in [-0.2, 0) is 4.79 Å². The van der Waals surface area contributed by atoms with Gasteiger partial charge in [-0.25, -0.2) is 0 Å². The van der Waals surface area contributed by atoms with Crippen LogP contribution in [0.4, 0.5) is 0 Å². The first kappa shape index (κ1) is 14.8. The highest BCUT2D eigenvalue weighted by Gasteiger charge is 2.28. The molecule has 0 aliphatic heterocycles. The number of hydrogen-bond acceptors (Lipinski definition) is 4. The van der Waals surface area contributed by atoms with Gasteiger partial charge in [0.15, 0.2) is 0 Å². The van der Waals surface area contributed by atoms with E-state index in [4.69, 9.17) is 4.74 Å². The van der Waals surface area contributed by atoms with Crippen LogP contribution < -0.4 is 15.4 Å². The normalized spacial score (nSPS) is 15.7. The predicted octanol–water partition coefficient (Wildman–Crippen LogP) is 0.844. The number of amides is 1. The lowest BCUT2D eigenvalue weighted by molar-refractivity contribution is -0.122. The summed E-state index contributed by atoms with van der Waals surface area (Å²) in [5.41, 5.74) is 0.818. The Morgan fingerprint density at radius 2 is 2.25 bits per heavy atom. The predicted molar refractivity (Wildman–Crippen MR) is 76.6 cm³/mol. The summed E-state index contributed by atoms with van der Waals surface area (Å²) in [6, 6.07) is 7.38. The fourth-order valence-electron chi connectivity index (χ4n) is 1.97. The molecule has 5 heteroatoms. The monoisotopic (exact) mass is 278 g/mol. The van der Waals surface area contributed by atoms with E-state index in [1.807, 2.05) is 24.3 Å². The number of aliphatic hydroxyl groups is 1. The van der Waals surface area contributed by atoms with Crippen LogP contribution >= 0.6 is 0 Å². The summed E-state index contributed by atoms with van der Waals surface area (Å²) in [6.07, 6.45) is 1.46. The molecular formula is C15H22N2O3. The van der Waals surface area contributed by atoms with Crippen molar-refractivity contribution in [2.45, 2.75) is 18.9 Å². The van der Waals surface area contributed by atoms with Crippen LogP contribution in [0.3, 0.4) is 0 Å². The molecule has 1 aromatic rings. The highest BCUT2D eigenvalue weighted by molar-refractivity contribution is 5.80. The van der Waals surface area contributed by atoms with Gasteiger partial charge in [0.2, 0.25) is 5.91 Å². The molecule has 1 aliphatic rings. The molecular weight excluding hydrogens is 256 g/mol. The average Bonchev–Trinajstić information content (AvgIpc) is 3.31. The number of ether oxygens (including phenoxy) is 1. The minimum absolute atomic E-state index is 0.153. The second-order valence-electron chi connectivity index (χ2n) is 5.06. The summed E-state index contributed by atoms with van der Waals surface area (Å²) in [6.45, 7) is 1.70. The van der Waals surface area contributed by atoms with E-state index in [9.17, 15) is 9.90 Å². The molecule has 20 heavy (non-hydrogen) atoms. The molecule has 0 heterocycles. The Morgan fingerprint density at radius 3 is 2.95 bits per heavy atom. The van der Waals surface area contributed by atoms with E-state index in [2.05, 4.69) is 10.6 Å². The average molecular weight is 278 g/mol. The third kappa shape index (κ3) is 4.51. The van der Waals surface area contributed by atoms with Crippen molar-refractivity contribution in [1.82, 2.24) is 10.6 Å². The maximum atomic E-state index is 11.4. The Bertz CT molecular complexity index is 446. The SMILES string of the molecule is COc1cccc(C(O)CNCCNC(=O)C2CC2)c1. The molecule has 0 spiro atoms. The molecule has 3 N–H and O–H groups in total. The Morgan fingerprint density at radius 1 is 1.45 bits per heavy atom. The highest BCUT2D eigenvalue weighted by Crippen LogP contribution is 2.28. The Kier molecular flexibility index (Phi) is 5.38. The van der Waals surface area contributed by atoms with Gasteiger partial charge in [0.1, 0.15) is 5.75 Å². The zero-order chi connectivity index (χ0) is 14.4. The number of carbonyl (C=O) groups excluding carboxylic acids is 1. The van der Waals surface area contributed by atoms with Gasteiger partial charge in [-0.2, -0.15) is 0 Å². The summed E-state index contributed by atoms with van der Waals surface area (Å²) < 4.78 is 5.12. The summed E-state index contributed by atoms with van der Waals surface area (Å²) in [7, 11) is 1.60. The molecule has 0 saturated heterocycles. The van der Waals surface area contributed by atoms with Crippen LogP contribution in [0.25, 0.3) is 0 Å². The van der Waals surface area contributed by atoms with Crippen LogP contribution in [0.1, 0.15) is 24.5 Å². The van der Waals surface area contributed by atoms with Crippen molar-refractivity contribution in [2.75, 3.05) is 26.7 Å². The Labute approximate surface area is 119 Å². The second kappa shape index (κ2) is 7.26. The van der Waals surface area contributed by atoms with Crippen molar-refractivity contribution in [2.24, 2.45) is 5.92 Å². The van der Waals surface area contributed by atoms with Crippen molar-refractivity contribution < 1.29 is 14.6 Å². The topological polar surface area (TPSA) is 70.6 Å². The lowest BCUT2D eigenvalue weighted by Gasteiger charge is -2.13. The number of carbonyl (C=O) groups is 1. The number of aliphatic hydroxyl groups excluding tert-OH is 1. The van der Waals surface area contributed by atoms with Gasteiger partial charge in [0, 0.05) is 25.6 Å². The number of nitrogens with one attached hydrogen (secondary N) is 2. The lowest BCUT2D eigenvalue weighted by Crippen LogP contribution is -2.34. The highest BCUT2D eigenvalue weighted by atomic mass is 16.5. The van der Waals surface area contributed by atoms with Gasteiger partial charge in [-0.3, -0.25) is 4.79 Å². The van der Waals surface area contributed by atoms with Crippen LogP contribution in [-0.4, -0.2) is 37.8 Å². The molecule has 0 bridgehead atoms. The Hall–Kier alpha value is -1.59. The van der Waals surface area contributed by atoms with Crippen LogP contribution in [0, 0.1) is 5.92 Å². The molecule has 5 nitrogen and oxygen atoms in total. The third-order valence-electron chi connectivity index (χ3n) is 3.37. The van der Waals surface area contributed by atoms with Gasteiger partial charge in [0.05, 0.1) is 13.2 Å². The van der Waals surface area contributed by atoms with Crippen molar-refractivity contribution >= 4 is 5.91 Å². The molecule has 1 fully saturated rings. The number of methoxy groups -OCH3 is 1. The minimum atomic E-state index is -0.579. The number of rotatable bonds is 8. The number of hydrogen-bond donors (Lipinski definition) is 3. The maximum absolute atomic E-state index is 11.4. The van der Waals surface area contributed by atoms with Crippen LogP contribution in [0.2, 0.25) is 0 Å². The van der Waals surface area contributed by atoms with Gasteiger partial charge < -0.3 is 20.5 Å². The van der Waals surface area contributed by atoms with Gasteiger partial charge in [-0.1, -0.05) is 12.1 Å². The first-order chi connectivity index (χ1) is 9.70. The van der Waals surface area contributed by atoms with Crippen molar-refractivity contribution in [1.29, 1.82) is 0 Å². The second-order valence-corrected chi connectivity index (χ2v) is 5.06. The van der Waals surface area contributed by atoms with E-state index >= 15 is 0 Å². The summed E-state index contributed by atoms with van der Waals surface area (Å²) in [5, 5.41) is 16.0. The maximum Gasteiger partial charge on any atom is 0.223 e. The molecule has 1 unspecified atom stereocenters. The standard InChI is InChI=1S/C15H22N2O3/c1-20-13-4-2-3-12(9-13)14(18)10-16-7-8-17-15(19)11-5-6-11/h2-4,9,11,14,16,18H,5-8,10H2,1H3,(H,17,19). The van der Waals surface area contributed by atoms with E-state index in [-0.39, 0.29) is 11.8 Å². The molecule has 0 radical (unpaired) electrons. The van der Waals surface area contributed by atoms with E-state index in [1.54, 1.807) is 7.11 Å². The van der Waals surface area contributed by atoms with Crippen molar-refractivity contribution in [3.8, 4) is 5.75 Å². The van der Waals surface area contributed by atoms with Gasteiger partial charge in [0.25, 0.3) is 0 Å². The van der Waals surface area contributed by atoms with Crippen molar-refractivity contribution in [3.63, 3.8) is 0 Å². The molecule has 1 aromatic carbocycles. The van der Waals surface area contributed by atoms with Crippen molar-refractivity contribution in [3.05, 3.63) is 29.8 Å². The van der Waals surface area contributed by atoms with E-state index in [0.717, 1.165) is 24.2 Å². The molecule has 1 amide bonds. The van der Waals surface area contributed by atoms with Crippen LogP contribution in [0.15, 0.2) is 24.3 Å². The fourth-order valence-corrected chi connectivity index (χ4v) is 1.97. The first-order valence-electron chi connectivity index (χ1n) is 7.01. The zero-order valence-electron chi connectivity index (χ0n) is 11.8. The van der Waals surface area contributed by atoms with Gasteiger partial charge in [-0.05, 0) is 30.5 Å². The molecule has 0 aromatic heterocycles. The fraction of sp³-hybridized carbons (Fsp3) is 0.533. The van der Waals surface area contributed by atoms with Gasteiger partial charge >= 0.3 is 0 Å². The molecule has 1 aliphatic carbocycles. The smallest absolute Gasteiger partial charge is 0.223 e. The minimum Gasteiger partial charge on any atom is -0.497 e. The summed E-state index contributed by atoms with van der Waals surface area (Å²) >= 11 is 0. The lowest BCUT2D eigenvalue weighted by atomic mass is 10.1. The van der Waals surface area contributed by atoms with E-state index in [0.29, 0.717) is 19.6 Å². The van der Waals surface area contributed by atoms with E-state index < -0.39 is 6.10 Å². The Balaban J connectivity index is 1.63. The third-order valence-corrected chi connectivity index (χ3v) is 3.37.